The molecule has 0 amide bonds. The van der Waals surface area contributed by atoms with Crippen LogP contribution in [0.4, 0.5) is 0 Å². The van der Waals surface area contributed by atoms with Crippen LogP contribution in [0, 0.1) is 0 Å². The molecular weight excluding hydrogens is 685 g/mol. The van der Waals surface area contributed by atoms with E-state index < -0.39 is 0 Å². The first kappa shape index (κ1) is 30.9. The Morgan fingerprint density at radius 2 is 1.23 bits per heavy atom. The number of para-hydroxylation sites is 2. The van der Waals surface area contributed by atoms with Crippen LogP contribution in [-0.2, 0) is 0 Å². The molecule has 5 heteroatoms. The van der Waals surface area contributed by atoms with Gasteiger partial charge in [-0.3, -0.25) is 0 Å². The topological polar surface area (TPSA) is 48.8 Å². The van der Waals surface area contributed by atoms with Gasteiger partial charge >= 0.3 is 0 Å². The number of rotatable bonds is 5. The predicted molar refractivity (Wildman–Crippen MR) is 227 cm³/mol. The van der Waals surface area contributed by atoms with Crippen molar-refractivity contribution in [3.05, 3.63) is 205 Å². The Morgan fingerprint density at radius 1 is 0.518 bits per heavy atom. The Labute approximate surface area is 322 Å². The molecule has 0 spiro atoms. The second-order valence-electron chi connectivity index (χ2n) is 14.5. The van der Waals surface area contributed by atoms with Crippen molar-refractivity contribution in [1.82, 2.24) is 19.3 Å². The highest BCUT2D eigenvalue weighted by atomic mass is 16.3. The molecule has 1 aliphatic rings. The first-order chi connectivity index (χ1) is 27.8. The number of benzene rings is 8. The van der Waals surface area contributed by atoms with Crippen molar-refractivity contribution in [3.63, 3.8) is 0 Å². The van der Waals surface area contributed by atoms with Gasteiger partial charge in [-0.05, 0) is 58.7 Å². The van der Waals surface area contributed by atoms with Crippen LogP contribution in [0.1, 0.15) is 22.6 Å². The number of hydrogen-bond acceptors (Lipinski definition) is 3. The maximum Gasteiger partial charge on any atom is 0.182 e. The Morgan fingerprint density at radius 3 is 2.11 bits per heavy atom. The van der Waals surface area contributed by atoms with Gasteiger partial charge in [-0.15, -0.1) is 5.10 Å². The SMILES string of the molecule is c1ccc(-c2nc(-c3ccccc3)n(-c3cccc4c3c3ccccc3n4-c3cccc(C4c5ccccc5-c5c4ccc4c5oc5ccccc54)c3)n2)cc1. The first-order valence-electron chi connectivity index (χ1n) is 19.0. The zero-order valence-electron chi connectivity index (χ0n) is 30.2. The van der Waals surface area contributed by atoms with Gasteiger partial charge in [-0.1, -0.05) is 152 Å². The third-order valence-corrected chi connectivity index (χ3v) is 11.5. The summed E-state index contributed by atoms with van der Waals surface area (Å²) in [5.41, 5.74) is 14.4. The van der Waals surface area contributed by atoms with Gasteiger partial charge in [-0.25, -0.2) is 9.67 Å². The zero-order chi connectivity index (χ0) is 36.7. The number of aromatic nitrogens is 4. The molecule has 0 fully saturated rings. The largest absolute Gasteiger partial charge is 0.455 e. The van der Waals surface area contributed by atoms with E-state index in [0.717, 1.165) is 72.1 Å². The molecular formula is C51H32N4O. The minimum atomic E-state index is 0.0578. The Bertz CT molecular complexity index is 3320. The second-order valence-corrected chi connectivity index (χ2v) is 14.5. The summed E-state index contributed by atoms with van der Waals surface area (Å²) in [5.74, 6) is 1.55. The van der Waals surface area contributed by atoms with Gasteiger partial charge in [0.15, 0.2) is 11.6 Å². The monoisotopic (exact) mass is 716 g/mol. The average molecular weight is 717 g/mol. The minimum Gasteiger partial charge on any atom is -0.455 e. The summed E-state index contributed by atoms with van der Waals surface area (Å²) in [4.78, 5) is 5.14. The molecule has 5 nitrogen and oxygen atoms in total. The number of hydrogen-bond donors (Lipinski definition) is 0. The summed E-state index contributed by atoms with van der Waals surface area (Å²) in [6, 6.07) is 66.6. The van der Waals surface area contributed by atoms with Crippen LogP contribution < -0.4 is 0 Å². The molecule has 1 unspecified atom stereocenters. The van der Waals surface area contributed by atoms with E-state index in [2.05, 4.69) is 162 Å². The maximum atomic E-state index is 6.61. The molecule has 0 N–H and O–H groups in total. The third kappa shape index (κ3) is 4.49. The molecule has 262 valence electrons. The summed E-state index contributed by atoms with van der Waals surface area (Å²) in [7, 11) is 0. The van der Waals surface area contributed by atoms with Gasteiger partial charge in [0.25, 0.3) is 0 Å². The van der Waals surface area contributed by atoms with Crippen molar-refractivity contribution < 1.29 is 4.42 Å². The lowest BCUT2D eigenvalue weighted by molar-refractivity contribution is 0.670. The Hall–Kier alpha value is -7.50. The second kappa shape index (κ2) is 12.0. The number of fused-ring (bicyclic) bond motifs is 10. The van der Waals surface area contributed by atoms with Crippen LogP contribution in [0.3, 0.4) is 0 Å². The molecule has 1 atom stereocenters. The van der Waals surface area contributed by atoms with Crippen LogP contribution in [0.15, 0.2) is 192 Å². The van der Waals surface area contributed by atoms with E-state index >= 15 is 0 Å². The Kier molecular flexibility index (Phi) is 6.63. The van der Waals surface area contributed by atoms with Crippen LogP contribution in [-0.4, -0.2) is 19.3 Å². The van der Waals surface area contributed by atoms with Gasteiger partial charge in [0, 0.05) is 49.8 Å². The van der Waals surface area contributed by atoms with Gasteiger partial charge < -0.3 is 8.98 Å². The number of nitrogens with zero attached hydrogens (tertiary/aromatic N) is 4. The summed E-state index contributed by atoms with van der Waals surface area (Å²) in [6.07, 6.45) is 0. The summed E-state index contributed by atoms with van der Waals surface area (Å²) < 4.78 is 11.0. The molecule has 0 aliphatic heterocycles. The fourth-order valence-electron chi connectivity index (χ4n) is 9.09. The molecule has 56 heavy (non-hydrogen) atoms. The van der Waals surface area contributed by atoms with Crippen molar-refractivity contribution in [3.8, 4) is 45.3 Å². The molecule has 0 bridgehead atoms. The summed E-state index contributed by atoms with van der Waals surface area (Å²) in [5, 5.41) is 9.78. The van der Waals surface area contributed by atoms with Crippen molar-refractivity contribution >= 4 is 43.7 Å². The molecule has 12 rings (SSSR count). The summed E-state index contributed by atoms with van der Waals surface area (Å²) >= 11 is 0. The normalized spacial score (nSPS) is 13.5. The zero-order valence-corrected chi connectivity index (χ0v) is 30.2. The molecule has 0 saturated carbocycles. The molecule has 11 aromatic rings. The third-order valence-electron chi connectivity index (χ3n) is 11.5. The lowest BCUT2D eigenvalue weighted by atomic mass is 9.89. The van der Waals surface area contributed by atoms with Crippen molar-refractivity contribution in [2.75, 3.05) is 0 Å². The molecule has 8 aromatic carbocycles. The molecule has 0 radical (unpaired) electrons. The molecule has 3 aromatic heterocycles. The fourth-order valence-corrected chi connectivity index (χ4v) is 9.09. The van der Waals surface area contributed by atoms with Crippen LogP contribution in [0.5, 0.6) is 0 Å². The minimum absolute atomic E-state index is 0.0578. The standard InChI is InChI=1S/C51H32N4O/c1-3-15-32(16-4-1)50-52-51(33-17-5-2-6-18-33)55(53-50)44-27-14-26-43-48(44)40-24-9-11-25-42(40)54(43)35-20-13-19-34(31-35)46-37-22-7-8-23-38(37)47-41(46)30-29-39-36-21-10-12-28-45(36)56-49(39)47/h1-31,46H. The number of furan rings is 1. The van der Waals surface area contributed by atoms with Gasteiger partial charge in [0.1, 0.15) is 11.2 Å². The summed E-state index contributed by atoms with van der Waals surface area (Å²) in [6.45, 7) is 0. The lowest BCUT2D eigenvalue weighted by Crippen LogP contribution is -2.02. The van der Waals surface area contributed by atoms with Crippen LogP contribution >= 0.6 is 0 Å². The van der Waals surface area contributed by atoms with Gasteiger partial charge in [-0.2, -0.15) is 0 Å². The highest BCUT2D eigenvalue weighted by Gasteiger charge is 2.33. The van der Waals surface area contributed by atoms with E-state index in [4.69, 9.17) is 14.5 Å². The first-order valence-corrected chi connectivity index (χ1v) is 19.0. The van der Waals surface area contributed by atoms with Crippen molar-refractivity contribution in [2.45, 2.75) is 5.92 Å². The highest BCUT2D eigenvalue weighted by molar-refractivity contribution is 6.14. The molecule has 3 heterocycles. The Balaban J connectivity index is 1.06. The fraction of sp³-hybridized carbons (Fsp3) is 0.0196. The average Bonchev–Trinajstić information content (AvgIpc) is 4.04. The van der Waals surface area contributed by atoms with Gasteiger partial charge in [0.2, 0.25) is 0 Å². The van der Waals surface area contributed by atoms with Crippen LogP contribution in [0.25, 0.3) is 89.0 Å². The molecule has 1 aliphatic carbocycles. The smallest absolute Gasteiger partial charge is 0.182 e. The van der Waals surface area contributed by atoms with E-state index in [1.54, 1.807) is 0 Å². The van der Waals surface area contributed by atoms with E-state index in [0.29, 0.717) is 5.82 Å². The van der Waals surface area contributed by atoms with Crippen molar-refractivity contribution in [2.24, 2.45) is 0 Å². The van der Waals surface area contributed by atoms with E-state index in [1.165, 1.54) is 27.8 Å². The molecule has 0 saturated heterocycles. The highest BCUT2D eigenvalue weighted by Crippen LogP contribution is 2.52. The maximum absolute atomic E-state index is 6.61. The quantitative estimate of drug-likeness (QED) is 0.178. The predicted octanol–water partition coefficient (Wildman–Crippen LogP) is 12.8. The van der Waals surface area contributed by atoms with Crippen molar-refractivity contribution in [1.29, 1.82) is 0 Å². The van der Waals surface area contributed by atoms with Crippen LogP contribution in [0.2, 0.25) is 0 Å². The van der Waals surface area contributed by atoms with E-state index in [1.807, 2.05) is 35.0 Å². The van der Waals surface area contributed by atoms with Gasteiger partial charge in [0.05, 0.1) is 16.7 Å². The lowest BCUT2D eigenvalue weighted by Gasteiger charge is -2.17. The van der Waals surface area contributed by atoms with E-state index in [9.17, 15) is 0 Å². The van der Waals surface area contributed by atoms with E-state index in [-0.39, 0.29) is 5.92 Å².